The molecule has 0 unspecified atom stereocenters. The molecule has 26 heavy (non-hydrogen) atoms. The molecule has 4 rings (SSSR count). The molecule has 2 bridgehead atoms. The van der Waals surface area contributed by atoms with E-state index in [1.807, 2.05) is 17.0 Å². The summed E-state index contributed by atoms with van der Waals surface area (Å²) in [5.41, 5.74) is 1.24. The number of hydrogen-bond acceptors (Lipinski definition) is 2. The van der Waals surface area contributed by atoms with E-state index in [9.17, 15) is 9.59 Å². The van der Waals surface area contributed by atoms with E-state index in [0.717, 1.165) is 25.7 Å². The lowest BCUT2D eigenvalue weighted by Gasteiger charge is -2.27. The second-order valence-corrected chi connectivity index (χ2v) is 7.36. The van der Waals surface area contributed by atoms with E-state index in [4.69, 9.17) is 0 Å². The van der Waals surface area contributed by atoms with Gasteiger partial charge in [-0.1, -0.05) is 48.9 Å². The van der Waals surface area contributed by atoms with E-state index in [2.05, 4.69) is 41.0 Å². The summed E-state index contributed by atoms with van der Waals surface area (Å²) in [7, 11) is 0. The molecular formula is C21H25N3O2. The van der Waals surface area contributed by atoms with Crippen LogP contribution in [0.3, 0.4) is 0 Å². The lowest BCUT2D eigenvalue weighted by atomic mass is 9.99. The number of likely N-dealkylation sites (tertiary alicyclic amines) is 1. The van der Waals surface area contributed by atoms with Gasteiger partial charge in [-0.15, -0.1) is 0 Å². The lowest BCUT2D eigenvalue weighted by Crippen LogP contribution is -2.46. The highest BCUT2D eigenvalue weighted by Crippen LogP contribution is 2.22. The molecule has 5 nitrogen and oxygen atoms in total. The molecule has 2 heterocycles. The van der Waals surface area contributed by atoms with Crippen molar-refractivity contribution >= 4 is 22.7 Å². The van der Waals surface area contributed by atoms with E-state index in [0.29, 0.717) is 19.6 Å². The molecule has 0 radical (unpaired) electrons. The Morgan fingerprint density at radius 1 is 1.12 bits per heavy atom. The van der Waals surface area contributed by atoms with Gasteiger partial charge in [-0.3, -0.25) is 4.79 Å². The third-order valence-corrected chi connectivity index (χ3v) is 5.54. The molecule has 2 aliphatic rings. The molecule has 0 aliphatic carbocycles. The first-order valence-corrected chi connectivity index (χ1v) is 9.50. The van der Waals surface area contributed by atoms with Crippen molar-refractivity contribution in [2.45, 2.75) is 31.7 Å². The van der Waals surface area contributed by atoms with Crippen LogP contribution in [0, 0.1) is 5.92 Å². The average molecular weight is 351 g/mol. The fraction of sp³-hybridized carbons (Fsp3) is 0.429. The van der Waals surface area contributed by atoms with Crippen LogP contribution in [0.1, 0.15) is 24.8 Å². The van der Waals surface area contributed by atoms with E-state index in [-0.39, 0.29) is 23.9 Å². The number of rotatable bonds is 3. The van der Waals surface area contributed by atoms with Crippen LogP contribution in [-0.4, -0.2) is 42.5 Å². The summed E-state index contributed by atoms with van der Waals surface area (Å²) >= 11 is 0. The quantitative estimate of drug-likeness (QED) is 0.893. The summed E-state index contributed by atoms with van der Waals surface area (Å²) in [6.45, 7) is 1.74. The summed E-state index contributed by atoms with van der Waals surface area (Å²) in [6.07, 6.45) is 3.69. The molecule has 0 aromatic heterocycles. The molecule has 2 fully saturated rings. The molecule has 0 spiro atoms. The molecule has 2 aromatic rings. The normalized spacial score (nSPS) is 22.6. The number of urea groups is 1. The highest BCUT2D eigenvalue weighted by atomic mass is 16.2. The lowest BCUT2D eigenvalue weighted by molar-refractivity contribution is -0.124. The number of carbonyl (C=O) groups is 2. The van der Waals surface area contributed by atoms with Crippen LogP contribution in [0.5, 0.6) is 0 Å². The van der Waals surface area contributed by atoms with Gasteiger partial charge in [-0.25, -0.2) is 4.79 Å². The second-order valence-electron chi connectivity index (χ2n) is 7.36. The third kappa shape index (κ3) is 3.52. The predicted molar refractivity (Wildman–Crippen MR) is 102 cm³/mol. The summed E-state index contributed by atoms with van der Waals surface area (Å²) in [6, 6.07) is 14.6. The first-order chi connectivity index (χ1) is 12.7. The maximum Gasteiger partial charge on any atom is 0.317 e. The van der Waals surface area contributed by atoms with E-state index in [1.165, 1.54) is 16.3 Å². The molecule has 136 valence electrons. The van der Waals surface area contributed by atoms with Gasteiger partial charge in [0.25, 0.3) is 0 Å². The highest BCUT2D eigenvalue weighted by molar-refractivity contribution is 5.86. The van der Waals surface area contributed by atoms with Crippen molar-refractivity contribution in [3.8, 4) is 0 Å². The number of nitrogens with one attached hydrogen (secondary N) is 2. The fourth-order valence-corrected chi connectivity index (χ4v) is 4.14. The summed E-state index contributed by atoms with van der Waals surface area (Å²) in [4.78, 5) is 26.6. The minimum atomic E-state index is -0.0636. The Labute approximate surface area is 153 Å². The van der Waals surface area contributed by atoms with Crippen molar-refractivity contribution in [1.29, 1.82) is 0 Å². The van der Waals surface area contributed by atoms with E-state index < -0.39 is 0 Å². The van der Waals surface area contributed by atoms with Gasteiger partial charge in [0.05, 0.1) is 5.92 Å². The Hall–Kier alpha value is -2.56. The van der Waals surface area contributed by atoms with Crippen LogP contribution >= 0.6 is 0 Å². The molecule has 2 aromatic carbocycles. The number of hydrogen-bond donors (Lipinski definition) is 2. The third-order valence-electron chi connectivity index (χ3n) is 5.54. The first kappa shape index (κ1) is 16.9. The van der Waals surface area contributed by atoms with Gasteiger partial charge in [-0.05, 0) is 35.6 Å². The molecule has 0 saturated carbocycles. The van der Waals surface area contributed by atoms with Gasteiger partial charge < -0.3 is 15.5 Å². The van der Waals surface area contributed by atoms with Gasteiger partial charge in [0, 0.05) is 25.7 Å². The van der Waals surface area contributed by atoms with Crippen molar-refractivity contribution in [3.63, 3.8) is 0 Å². The Balaban J connectivity index is 1.37. The Kier molecular flexibility index (Phi) is 4.78. The van der Waals surface area contributed by atoms with Gasteiger partial charge >= 0.3 is 6.03 Å². The molecule has 3 amide bonds. The minimum Gasteiger partial charge on any atom is -0.351 e. The van der Waals surface area contributed by atoms with Crippen LogP contribution in [0.2, 0.25) is 0 Å². The van der Waals surface area contributed by atoms with Crippen molar-refractivity contribution in [2.75, 3.05) is 19.6 Å². The minimum absolute atomic E-state index is 0.0568. The topological polar surface area (TPSA) is 61.4 Å². The molecule has 2 saturated heterocycles. The molecular weight excluding hydrogens is 326 g/mol. The standard InChI is InChI=1S/C21H25N3O2/c25-20-17-8-4-9-18(23-20)14-24(13-17)21(26)22-12-11-16-7-3-6-15-5-1-2-10-19(15)16/h1-3,5-7,10,17-18H,4,8-9,11-14H2,(H,22,26)(H,23,25)/t17-,18+/m1/s1. The SMILES string of the molecule is O=C1N[C@H]2CCC[C@@H]1CN(C(=O)NCCc1cccc3ccccc13)C2. The maximum atomic E-state index is 12.6. The Bertz CT molecular complexity index is 815. The van der Waals surface area contributed by atoms with Gasteiger partial charge in [0.2, 0.25) is 5.91 Å². The zero-order chi connectivity index (χ0) is 17.9. The van der Waals surface area contributed by atoms with Crippen molar-refractivity contribution in [1.82, 2.24) is 15.5 Å². The summed E-state index contributed by atoms with van der Waals surface area (Å²) < 4.78 is 0. The molecule has 5 heteroatoms. The van der Waals surface area contributed by atoms with Gasteiger partial charge in [-0.2, -0.15) is 0 Å². The largest absolute Gasteiger partial charge is 0.351 e. The first-order valence-electron chi connectivity index (χ1n) is 9.50. The smallest absolute Gasteiger partial charge is 0.317 e. The van der Waals surface area contributed by atoms with Gasteiger partial charge in [0.1, 0.15) is 0 Å². The van der Waals surface area contributed by atoms with Crippen LogP contribution in [0.4, 0.5) is 4.79 Å². The fourth-order valence-electron chi connectivity index (χ4n) is 4.14. The molecule has 2 aliphatic heterocycles. The maximum absolute atomic E-state index is 12.6. The van der Waals surface area contributed by atoms with Crippen molar-refractivity contribution in [3.05, 3.63) is 48.0 Å². The molecule has 2 N–H and O–H groups in total. The summed E-state index contributed by atoms with van der Waals surface area (Å²) in [5.74, 6) is 0.0462. The Morgan fingerprint density at radius 2 is 1.96 bits per heavy atom. The van der Waals surface area contributed by atoms with Gasteiger partial charge in [0.15, 0.2) is 0 Å². The average Bonchev–Trinajstić information content (AvgIpc) is 2.90. The number of carbonyl (C=O) groups excluding carboxylic acids is 2. The number of amides is 3. The Morgan fingerprint density at radius 3 is 2.88 bits per heavy atom. The zero-order valence-electron chi connectivity index (χ0n) is 14.9. The van der Waals surface area contributed by atoms with Crippen molar-refractivity contribution in [2.24, 2.45) is 5.92 Å². The van der Waals surface area contributed by atoms with Crippen LogP contribution in [0.25, 0.3) is 10.8 Å². The number of fused-ring (bicyclic) bond motifs is 4. The van der Waals surface area contributed by atoms with Crippen LogP contribution < -0.4 is 10.6 Å². The van der Waals surface area contributed by atoms with Crippen LogP contribution in [-0.2, 0) is 11.2 Å². The highest BCUT2D eigenvalue weighted by Gasteiger charge is 2.34. The second kappa shape index (κ2) is 7.36. The zero-order valence-corrected chi connectivity index (χ0v) is 14.9. The number of nitrogens with zero attached hydrogens (tertiary/aromatic N) is 1. The number of benzene rings is 2. The van der Waals surface area contributed by atoms with E-state index in [1.54, 1.807) is 0 Å². The van der Waals surface area contributed by atoms with Crippen molar-refractivity contribution < 1.29 is 9.59 Å². The summed E-state index contributed by atoms with van der Waals surface area (Å²) in [5, 5.41) is 8.58. The van der Waals surface area contributed by atoms with E-state index >= 15 is 0 Å². The monoisotopic (exact) mass is 351 g/mol. The molecule has 2 atom stereocenters. The van der Waals surface area contributed by atoms with Crippen LogP contribution in [0.15, 0.2) is 42.5 Å². The predicted octanol–water partition coefficient (Wildman–Crippen LogP) is 2.69.